The van der Waals surface area contributed by atoms with Crippen LogP contribution in [0.1, 0.15) is 25.7 Å². The number of ether oxygens (including phenoxy) is 2. The van der Waals surface area contributed by atoms with Crippen molar-refractivity contribution in [2.45, 2.75) is 36.6 Å². The monoisotopic (exact) mass is 425 g/mol. The first-order valence-electron chi connectivity index (χ1n) is 10.1. The first kappa shape index (κ1) is 21.9. The SMILES string of the molecule is COc1ccc(S(=O)(=O)N2CCCC(C(=O)NC3CCN(C)CC3)C2)cc1OC. The summed E-state index contributed by atoms with van der Waals surface area (Å²) in [5.74, 6) is 0.479. The number of piperidine rings is 2. The minimum Gasteiger partial charge on any atom is -0.493 e. The van der Waals surface area contributed by atoms with Gasteiger partial charge in [-0.3, -0.25) is 4.79 Å². The largest absolute Gasteiger partial charge is 0.493 e. The third kappa shape index (κ3) is 5.02. The molecule has 1 aromatic rings. The van der Waals surface area contributed by atoms with E-state index < -0.39 is 10.0 Å². The van der Waals surface area contributed by atoms with E-state index >= 15 is 0 Å². The standard InChI is InChI=1S/C20H31N3O5S/c1-22-11-8-16(9-12-22)21-20(24)15-5-4-10-23(14-15)29(25,26)17-6-7-18(27-2)19(13-17)28-3/h6-7,13,15-16H,4-5,8-12,14H2,1-3H3,(H,21,24). The molecule has 0 saturated carbocycles. The van der Waals surface area contributed by atoms with Gasteiger partial charge in [0.1, 0.15) is 0 Å². The van der Waals surface area contributed by atoms with Gasteiger partial charge in [0.15, 0.2) is 11.5 Å². The summed E-state index contributed by atoms with van der Waals surface area (Å²) in [6.45, 7) is 2.55. The second-order valence-electron chi connectivity index (χ2n) is 7.81. The average Bonchev–Trinajstić information content (AvgIpc) is 2.74. The highest BCUT2D eigenvalue weighted by Gasteiger charge is 2.34. The number of amides is 1. The van der Waals surface area contributed by atoms with E-state index in [4.69, 9.17) is 9.47 Å². The van der Waals surface area contributed by atoms with Crippen LogP contribution in [0.5, 0.6) is 11.5 Å². The van der Waals surface area contributed by atoms with E-state index in [2.05, 4.69) is 17.3 Å². The van der Waals surface area contributed by atoms with Gasteiger partial charge >= 0.3 is 0 Å². The fraction of sp³-hybridized carbons (Fsp3) is 0.650. The van der Waals surface area contributed by atoms with Gasteiger partial charge in [0.2, 0.25) is 15.9 Å². The quantitative estimate of drug-likeness (QED) is 0.740. The normalized spacial score (nSPS) is 22.2. The van der Waals surface area contributed by atoms with Crippen molar-refractivity contribution in [1.82, 2.24) is 14.5 Å². The lowest BCUT2D eigenvalue weighted by Crippen LogP contribution is -2.49. The lowest BCUT2D eigenvalue weighted by atomic mass is 9.97. The predicted octanol–water partition coefficient (Wildman–Crippen LogP) is 1.31. The Morgan fingerprint density at radius 3 is 2.41 bits per heavy atom. The Labute approximate surface area is 173 Å². The second-order valence-corrected chi connectivity index (χ2v) is 9.74. The Morgan fingerprint density at radius 2 is 1.76 bits per heavy atom. The van der Waals surface area contributed by atoms with Gasteiger partial charge in [-0.15, -0.1) is 0 Å². The van der Waals surface area contributed by atoms with E-state index in [1.807, 2.05) is 0 Å². The number of likely N-dealkylation sites (tertiary alicyclic amines) is 1. The van der Waals surface area contributed by atoms with E-state index in [1.165, 1.54) is 30.7 Å². The van der Waals surface area contributed by atoms with Gasteiger partial charge in [0.05, 0.1) is 25.0 Å². The molecule has 9 heteroatoms. The second kappa shape index (κ2) is 9.32. The molecule has 2 heterocycles. The molecule has 2 fully saturated rings. The summed E-state index contributed by atoms with van der Waals surface area (Å²) in [5.41, 5.74) is 0. The van der Waals surface area contributed by atoms with Crippen LogP contribution in [0.15, 0.2) is 23.1 Å². The number of nitrogens with zero attached hydrogens (tertiary/aromatic N) is 2. The van der Waals surface area contributed by atoms with E-state index in [0.29, 0.717) is 30.9 Å². The Kier molecular flexibility index (Phi) is 7.02. The molecule has 0 aromatic heterocycles. The summed E-state index contributed by atoms with van der Waals surface area (Å²) < 4.78 is 38.1. The number of hydrogen-bond donors (Lipinski definition) is 1. The van der Waals surface area contributed by atoms with Crippen molar-refractivity contribution in [2.75, 3.05) is 47.4 Å². The molecule has 0 bridgehead atoms. The smallest absolute Gasteiger partial charge is 0.243 e. The minimum absolute atomic E-state index is 0.0354. The first-order valence-corrected chi connectivity index (χ1v) is 11.5. The molecule has 3 rings (SSSR count). The molecular formula is C20H31N3O5S. The summed E-state index contributed by atoms with van der Waals surface area (Å²) >= 11 is 0. The molecule has 1 unspecified atom stereocenters. The maximum atomic E-state index is 13.1. The number of rotatable bonds is 6. The van der Waals surface area contributed by atoms with E-state index in [0.717, 1.165) is 25.9 Å². The zero-order chi connectivity index (χ0) is 21.0. The lowest BCUT2D eigenvalue weighted by molar-refractivity contribution is -0.127. The van der Waals surface area contributed by atoms with Gasteiger partial charge < -0.3 is 19.7 Å². The molecule has 2 aliphatic rings. The van der Waals surface area contributed by atoms with Crippen LogP contribution in [0.2, 0.25) is 0 Å². The fourth-order valence-corrected chi connectivity index (χ4v) is 5.51. The number of nitrogens with one attached hydrogen (secondary N) is 1. The predicted molar refractivity (Wildman–Crippen MR) is 110 cm³/mol. The maximum absolute atomic E-state index is 13.1. The number of sulfonamides is 1. The van der Waals surface area contributed by atoms with Gasteiger partial charge in [0.25, 0.3) is 0 Å². The van der Waals surface area contributed by atoms with Crippen molar-refractivity contribution in [2.24, 2.45) is 5.92 Å². The van der Waals surface area contributed by atoms with Crippen LogP contribution < -0.4 is 14.8 Å². The highest BCUT2D eigenvalue weighted by Crippen LogP contribution is 2.32. The number of methoxy groups -OCH3 is 2. The summed E-state index contributed by atoms with van der Waals surface area (Å²) in [5, 5.41) is 3.13. The van der Waals surface area contributed by atoms with Crippen molar-refractivity contribution >= 4 is 15.9 Å². The Morgan fingerprint density at radius 1 is 1.07 bits per heavy atom. The Hall–Kier alpha value is -1.84. The molecule has 2 aliphatic heterocycles. The molecule has 0 spiro atoms. The third-order valence-electron chi connectivity index (χ3n) is 5.81. The van der Waals surface area contributed by atoms with E-state index in [1.54, 1.807) is 6.07 Å². The molecule has 1 atom stereocenters. The van der Waals surface area contributed by atoms with Crippen LogP contribution in [-0.4, -0.2) is 77.0 Å². The van der Waals surface area contributed by atoms with Crippen molar-refractivity contribution in [1.29, 1.82) is 0 Å². The topological polar surface area (TPSA) is 88.2 Å². The molecule has 2 saturated heterocycles. The van der Waals surface area contributed by atoms with Gasteiger partial charge in [-0.2, -0.15) is 4.31 Å². The third-order valence-corrected chi connectivity index (χ3v) is 7.67. The molecule has 1 aromatic carbocycles. The van der Waals surface area contributed by atoms with Gasteiger partial charge in [-0.25, -0.2) is 8.42 Å². The minimum atomic E-state index is -3.72. The van der Waals surface area contributed by atoms with Crippen molar-refractivity contribution in [3.63, 3.8) is 0 Å². The lowest BCUT2D eigenvalue weighted by Gasteiger charge is -2.34. The molecule has 8 nitrogen and oxygen atoms in total. The summed E-state index contributed by atoms with van der Waals surface area (Å²) in [6.07, 6.45) is 3.24. The highest BCUT2D eigenvalue weighted by atomic mass is 32.2. The molecule has 29 heavy (non-hydrogen) atoms. The zero-order valence-corrected chi connectivity index (χ0v) is 18.2. The number of carbonyl (C=O) groups excluding carboxylic acids is 1. The number of carbonyl (C=O) groups is 1. The van der Waals surface area contributed by atoms with Crippen LogP contribution in [0, 0.1) is 5.92 Å². The van der Waals surface area contributed by atoms with Crippen molar-refractivity contribution < 1.29 is 22.7 Å². The van der Waals surface area contributed by atoms with Gasteiger partial charge in [-0.1, -0.05) is 0 Å². The molecule has 1 amide bonds. The fourth-order valence-electron chi connectivity index (χ4n) is 3.97. The molecule has 1 N–H and O–H groups in total. The van der Waals surface area contributed by atoms with Crippen LogP contribution >= 0.6 is 0 Å². The molecule has 0 radical (unpaired) electrons. The Bertz CT molecular complexity index is 821. The van der Waals surface area contributed by atoms with Crippen LogP contribution in [-0.2, 0) is 14.8 Å². The first-order chi connectivity index (χ1) is 13.8. The van der Waals surface area contributed by atoms with Crippen LogP contribution in [0.3, 0.4) is 0 Å². The van der Waals surface area contributed by atoms with E-state index in [9.17, 15) is 13.2 Å². The molecule has 0 aliphatic carbocycles. The number of hydrogen-bond acceptors (Lipinski definition) is 6. The summed E-state index contributed by atoms with van der Waals surface area (Å²) in [4.78, 5) is 15.2. The summed E-state index contributed by atoms with van der Waals surface area (Å²) in [7, 11) is 1.34. The Balaban J connectivity index is 1.68. The summed E-state index contributed by atoms with van der Waals surface area (Å²) in [6, 6.07) is 4.74. The average molecular weight is 426 g/mol. The van der Waals surface area contributed by atoms with Crippen LogP contribution in [0.25, 0.3) is 0 Å². The zero-order valence-electron chi connectivity index (χ0n) is 17.4. The van der Waals surface area contributed by atoms with Gasteiger partial charge in [-0.05, 0) is 58.0 Å². The van der Waals surface area contributed by atoms with Crippen molar-refractivity contribution in [3.05, 3.63) is 18.2 Å². The van der Waals surface area contributed by atoms with Crippen LogP contribution in [0.4, 0.5) is 0 Å². The van der Waals surface area contributed by atoms with Gasteiger partial charge in [0, 0.05) is 25.2 Å². The van der Waals surface area contributed by atoms with E-state index in [-0.39, 0.29) is 29.3 Å². The van der Waals surface area contributed by atoms with Crippen molar-refractivity contribution in [3.8, 4) is 11.5 Å². The molecule has 162 valence electrons. The maximum Gasteiger partial charge on any atom is 0.243 e. The number of benzene rings is 1. The highest BCUT2D eigenvalue weighted by molar-refractivity contribution is 7.89. The molecular weight excluding hydrogens is 394 g/mol.